The number of ether oxygens (including phenoxy) is 1. The highest BCUT2D eigenvalue weighted by molar-refractivity contribution is 6.19. The molecule has 0 aliphatic carbocycles. The molecule has 4 nitrogen and oxygen atoms in total. The maximum Gasteiger partial charge on any atom is 0.255 e. The van der Waals surface area contributed by atoms with Crippen molar-refractivity contribution in [1.82, 2.24) is 5.32 Å². The summed E-state index contributed by atoms with van der Waals surface area (Å²) in [6, 6.07) is 4.96. The molecule has 1 aromatic carbocycles. The monoisotopic (exact) mass is 283 g/mol. The maximum atomic E-state index is 12.3. The van der Waals surface area contributed by atoms with E-state index in [0.29, 0.717) is 31.9 Å². The van der Waals surface area contributed by atoms with Gasteiger partial charge >= 0.3 is 0 Å². The molecule has 2 N–H and O–H groups in total. The molecular formula is C14H18ClNO3. The van der Waals surface area contributed by atoms with Gasteiger partial charge in [0.2, 0.25) is 0 Å². The third-order valence-electron chi connectivity index (χ3n) is 3.48. The highest BCUT2D eigenvalue weighted by atomic mass is 35.5. The van der Waals surface area contributed by atoms with Gasteiger partial charge in [-0.15, -0.1) is 11.6 Å². The molecule has 1 aliphatic rings. The number of carbonyl (C=O) groups excluding carboxylic acids is 1. The number of hydrogen-bond donors (Lipinski definition) is 2. The molecule has 1 aliphatic heterocycles. The Balaban J connectivity index is 2.17. The van der Waals surface area contributed by atoms with Crippen molar-refractivity contribution in [3.05, 3.63) is 29.3 Å². The topological polar surface area (TPSA) is 58.6 Å². The average Bonchev–Trinajstić information content (AvgIpc) is 2.42. The van der Waals surface area contributed by atoms with Crippen LogP contribution >= 0.6 is 11.6 Å². The van der Waals surface area contributed by atoms with Crippen LogP contribution in [0.5, 0.6) is 5.75 Å². The first-order chi connectivity index (χ1) is 9.06. The van der Waals surface area contributed by atoms with Gasteiger partial charge in [0, 0.05) is 19.1 Å². The molecule has 104 valence electrons. The molecule has 1 heterocycles. The lowest BCUT2D eigenvalue weighted by Crippen LogP contribution is -2.53. The summed E-state index contributed by atoms with van der Waals surface area (Å²) in [5, 5.41) is 12.7. The van der Waals surface area contributed by atoms with Crippen molar-refractivity contribution in [1.29, 1.82) is 0 Å². The molecule has 0 spiro atoms. The lowest BCUT2D eigenvalue weighted by molar-refractivity contribution is 0.0433. The Bertz CT molecular complexity index is 470. The molecule has 0 atom stereocenters. The number of rotatable bonds is 3. The second-order valence-electron chi connectivity index (χ2n) is 5.00. The summed E-state index contributed by atoms with van der Waals surface area (Å²) in [5.41, 5.74) is 0.776. The minimum Gasteiger partial charge on any atom is -0.507 e. The number of carbonyl (C=O) groups is 1. The predicted molar refractivity (Wildman–Crippen MR) is 73.8 cm³/mol. The third kappa shape index (κ3) is 3.19. The van der Waals surface area contributed by atoms with Gasteiger partial charge in [-0.2, -0.15) is 0 Å². The van der Waals surface area contributed by atoms with Crippen LogP contribution in [0.25, 0.3) is 0 Å². The quantitative estimate of drug-likeness (QED) is 0.836. The molecule has 5 heteroatoms. The van der Waals surface area contributed by atoms with Crippen LogP contribution in [0, 0.1) is 6.92 Å². The van der Waals surface area contributed by atoms with Gasteiger partial charge in [-0.3, -0.25) is 4.79 Å². The van der Waals surface area contributed by atoms with Crippen molar-refractivity contribution in [2.45, 2.75) is 25.3 Å². The van der Waals surface area contributed by atoms with Crippen LogP contribution in [0.15, 0.2) is 18.2 Å². The van der Waals surface area contributed by atoms with E-state index in [1.165, 1.54) is 6.07 Å². The number of phenols is 1. The predicted octanol–water partition coefficient (Wildman–Crippen LogP) is 2.22. The second-order valence-corrected chi connectivity index (χ2v) is 5.27. The van der Waals surface area contributed by atoms with Gasteiger partial charge in [0.25, 0.3) is 5.91 Å². The summed E-state index contributed by atoms with van der Waals surface area (Å²) in [5.74, 6) is 0.0397. The number of aryl methyl sites for hydroxylation is 1. The van der Waals surface area contributed by atoms with Crippen LogP contribution in [0.2, 0.25) is 0 Å². The molecule has 1 saturated heterocycles. The number of amides is 1. The standard InChI is InChI=1S/C14H18ClNO3/c1-10-2-3-12(17)11(8-10)13(18)16-14(9-15)4-6-19-7-5-14/h2-3,8,17H,4-7,9H2,1H3,(H,16,18). The van der Waals surface area contributed by atoms with Crippen LogP contribution < -0.4 is 5.32 Å². The van der Waals surface area contributed by atoms with E-state index < -0.39 is 5.54 Å². The van der Waals surface area contributed by atoms with Gasteiger partial charge in [0.05, 0.1) is 11.1 Å². The zero-order valence-corrected chi connectivity index (χ0v) is 11.7. The van der Waals surface area contributed by atoms with Crippen molar-refractivity contribution in [3.8, 4) is 5.75 Å². The number of nitrogens with one attached hydrogen (secondary N) is 1. The molecule has 0 saturated carbocycles. The Hall–Kier alpha value is -1.26. The van der Waals surface area contributed by atoms with E-state index in [-0.39, 0.29) is 17.2 Å². The summed E-state index contributed by atoms with van der Waals surface area (Å²) in [6.07, 6.45) is 1.38. The van der Waals surface area contributed by atoms with E-state index in [1.54, 1.807) is 12.1 Å². The van der Waals surface area contributed by atoms with Crippen LogP contribution in [0.3, 0.4) is 0 Å². The Morgan fingerprint density at radius 3 is 2.79 bits per heavy atom. The normalized spacial score (nSPS) is 18.0. The van der Waals surface area contributed by atoms with E-state index in [9.17, 15) is 9.90 Å². The van der Waals surface area contributed by atoms with Crippen molar-refractivity contribution < 1.29 is 14.6 Å². The largest absolute Gasteiger partial charge is 0.507 e. The van der Waals surface area contributed by atoms with E-state index >= 15 is 0 Å². The molecule has 0 bridgehead atoms. The fourth-order valence-electron chi connectivity index (χ4n) is 2.19. The number of aromatic hydroxyl groups is 1. The van der Waals surface area contributed by atoms with Crippen LogP contribution in [-0.2, 0) is 4.74 Å². The fourth-order valence-corrected chi connectivity index (χ4v) is 2.53. The van der Waals surface area contributed by atoms with Gasteiger partial charge in [0.1, 0.15) is 5.75 Å². The summed E-state index contributed by atoms with van der Waals surface area (Å²) in [4.78, 5) is 12.3. The van der Waals surface area contributed by atoms with E-state index in [0.717, 1.165) is 5.56 Å². The van der Waals surface area contributed by atoms with E-state index in [1.807, 2.05) is 6.92 Å². The van der Waals surface area contributed by atoms with Gasteiger partial charge in [-0.1, -0.05) is 11.6 Å². The van der Waals surface area contributed by atoms with Crippen molar-refractivity contribution in [3.63, 3.8) is 0 Å². The number of alkyl halides is 1. The second kappa shape index (κ2) is 5.80. The molecule has 0 radical (unpaired) electrons. The van der Waals surface area contributed by atoms with Crippen LogP contribution in [0.1, 0.15) is 28.8 Å². The first kappa shape index (κ1) is 14.2. The summed E-state index contributed by atoms with van der Waals surface area (Å²) >= 11 is 6.01. The van der Waals surface area contributed by atoms with Crippen LogP contribution in [0.4, 0.5) is 0 Å². The molecule has 2 rings (SSSR count). The first-order valence-electron chi connectivity index (χ1n) is 6.32. The minimum absolute atomic E-state index is 0.0140. The number of benzene rings is 1. The highest BCUT2D eigenvalue weighted by Crippen LogP contribution is 2.25. The molecule has 1 amide bonds. The number of halogens is 1. The zero-order chi connectivity index (χ0) is 13.9. The summed E-state index contributed by atoms with van der Waals surface area (Å²) in [7, 11) is 0. The zero-order valence-electron chi connectivity index (χ0n) is 10.9. The number of phenolic OH excluding ortho intramolecular Hbond substituents is 1. The molecular weight excluding hydrogens is 266 g/mol. The number of hydrogen-bond acceptors (Lipinski definition) is 3. The Morgan fingerprint density at radius 1 is 1.47 bits per heavy atom. The summed E-state index contributed by atoms with van der Waals surface area (Å²) in [6.45, 7) is 3.06. The third-order valence-corrected chi connectivity index (χ3v) is 3.99. The average molecular weight is 284 g/mol. The fraction of sp³-hybridized carbons (Fsp3) is 0.500. The lowest BCUT2D eigenvalue weighted by Gasteiger charge is -2.36. The van der Waals surface area contributed by atoms with Crippen molar-refractivity contribution >= 4 is 17.5 Å². The van der Waals surface area contributed by atoms with Gasteiger partial charge in [-0.05, 0) is 31.9 Å². The van der Waals surface area contributed by atoms with E-state index in [4.69, 9.17) is 16.3 Å². The highest BCUT2D eigenvalue weighted by Gasteiger charge is 2.34. The van der Waals surface area contributed by atoms with E-state index in [2.05, 4.69) is 5.32 Å². The Morgan fingerprint density at radius 2 is 2.16 bits per heavy atom. The Kier molecular flexibility index (Phi) is 4.32. The summed E-state index contributed by atoms with van der Waals surface area (Å²) < 4.78 is 5.30. The van der Waals surface area contributed by atoms with Crippen molar-refractivity contribution in [2.75, 3.05) is 19.1 Å². The van der Waals surface area contributed by atoms with Gasteiger partial charge in [-0.25, -0.2) is 0 Å². The molecule has 0 aromatic heterocycles. The van der Waals surface area contributed by atoms with Crippen molar-refractivity contribution in [2.24, 2.45) is 0 Å². The Labute approximate surface area is 117 Å². The van der Waals surface area contributed by atoms with Gasteiger partial charge < -0.3 is 15.2 Å². The maximum absolute atomic E-state index is 12.3. The lowest BCUT2D eigenvalue weighted by atomic mass is 9.91. The van der Waals surface area contributed by atoms with Crippen LogP contribution in [-0.4, -0.2) is 35.6 Å². The molecule has 0 unspecified atom stereocenters. The SMILES string of the molecule is Cc1ccc(O)c(C(=O)NC2(CCl)CCOCC2)c1. The molecule has 1 aromatic rings. The minimum atomic E-state index is -0.437. The smallest absolute Gasteiger partial charge is 0.255 e. The first-order valence-corrected chi connectivity index (χ1v) is 6.86. The molecule has 1 fully saturated rings. The van der Waals surface area contributed by atoms with Gasteiger partial charge in [0.15, 0.2) is 0 Å². The molecule has 19 heavy (non-hydrogen) atoms.